The summed E-state index contributed by atoms with van der Waals surface area (Å²) < 4.78 is 0. The van der Waals surface area contributed by atoms with Crippen LogP contribution in [0.2, 0.25) is 0 Å². The van der Waals surface area contributed by atoms with Gasteiger partial charge in [-0.2, -0.15) is 0 Å². The van der Waals surface area contributed by atoms with Crippen LogP contribution in [0.3, 0.4) is 0 Å². The molecule has 2 fully saturated rings. The average Bonchev–Trinajstić information content (AvgIpc) is 2.75. The van der Waals surface area contributed by atoms with Crippen molar-refractivity contribution < 1.29 is 5.48 Å². The molecule has 2 aliphatic rings. The van der Waals surface area contributed by atoms with Crippen molar-refractivity contribution in [3.63, 3.8) is 0 Å². The van der Waals surface area contributed by atoms with Crippen LogP contribution in [0.4, 0.5) is 0 Å². The molecule has 2 rings (SSSR count). The van der Waals surface area contributed by atoms with E-state index in [0.29, 0.717) is 0 Å². The number of rotatable bonds is 5. The highest BCUT2D eigenvalue weighted by Gasteiger charge is 2.40. The van der Waals surface area contributed by atoms with Crippen molar-refractivity contribution in [3.05, 3.63) is 25.3 Å². The van der Waals surface area contributed by atoms with Crippen LogP contribution in [0.5, 0.6) is 0 Å². The second kappa shape index (κ2) is 12.8. The molecule has 2 heteroatoms. The van der Waals surface area contributed by atoms with Crippen molar-refractivity contribution >= 4 is 0 Å². The fourth-order valence-electron chi connectivity index (χ4n) is 4.46. The molecule has 0 spiro atoms. The average molecular weight is 324 g/mol. The molecule has 136 valence electrons. The summed E-state index contributed by atoms with van der Waals surface area (Å²) in [5.41, 5.74) is 0. The Labute approximate surface area is 145 Å². The van der Waals surface area contributed by atoms with Crippen molar-refractivity contribution in [3.8, 4) is 0 Å². The first-order valence-corrected chi connectivity index (χ1v) is 9.57. The Morgan fingerprint density at radius 1 is 1.13 bits per heavy atom. The van der Waals surface area contributed by atoms with Crippen LogP contribution in [0.15, 0.2) is 25.3 Å². The molecule has 1 saturated heterocycles. The molecule has 23 heavy (non-hydrogen) atoms. The van der Waals surface area contributed by atoms with Gasteiger partial charge in [0.15, 0.2) is 0 Å². The van der Waals surface area contributed by atoms with Gasteiger partial charge in [-0.15, -0.1) is 13.2 Å². The lowest BCUT2D eigenvalue weighted by Gasteiger charge is -2.45. The minimum absolute atomic E-state index is 0. The monoisotopic (exact) mass is 323 g/mol. The van der Waals surface area contributed by atoms with E-state index in [9.17, 15) is 0 Å². The van der Waals surface area contributed by atoms with Gasteiger partial charge in [-0.05, 0) is 69.2 Å². The summed E-state index contributed by atoms with van der Waals surface area (Å²) in [5.74, 6) is 3.70. The predicted molar refractivity (Wildman–Crippen MR) is 104 cm³/mol. The Balaban J connectivity index is 0.00000112. The molecule has 0 aromatic carbocycles. The molecule has 3 N–H and O–H groups in total. The van der Waals surface area contributed by atoms with Gasteiger partial charge in [-0.3, -0.25) is 0 Å². The quantitative estimate of drug-likeness (QED) is 0.552. The van der Waals surface area contributed by atoms with Crippen LogP contribution in [0, 0.1) is 23.7 Å². The highest BCUT2D eigenvalue weighted by Crippen LogP contribution is 2.43. The molecular formula is C21H41NO. The molecule has 5 atom stereocenters. The lowest BCUT2D eigenvalue weighted by molar-refractivity contribution is 0.0757. The van der Waals surface area contributed by atoms with Crippen LogP contribution in [-0.4, -0.2) is 18.1 Å². The van der Waals surface area contributed by atoms with Gasteiger partial charge in [0.1, 0.15) is 0 Å². The third-order valence-electron chi connectivity index (χ3n) is 5.78. The van der Waals surface area contributed by atoms with E-state index in [1.54, 1.807) is 6.08 Å². The Hall–Kier alpha value is -0.600. The first kappa shape index (κ1) is 22.4. The van der Waals surface area contributed by atoms with Gasteiger partial charge in [-0.1, -0.05) is 45.3 Å². The van der Waals surface area contributed by atoms with E-state index in [4.69, 9.17) is 0 Å². The maximum Gasteiger partial charge on any atom is 0.0126 e. The number of unbranched alkanes of at least 4 members (excludes halogenated alkanes) is 2. The topological polar surface area (TPSA) is 43.5 Å². The fraction of sp³-hybridized carbons (Fsp3) is 0.810. The van der Waals surface area contributed by atoms with Crippen molar-refractivity contribution in [2.45, 2.75) is 78.2 Å². The molecule has 5 unspecified atom stereocenters. The molecule has 1 aliphatic heterocycles. The van der Waals surface area contributed by atoms with Crippen molar-refractivity contribution in [2.75, 3.05) is 6.54 Å². The third kappa shape index (κ3) is 7.22. The molecule has 0 aromatic rings. The molecule has 0 amide bonds. The van der Waals surface area contributed by atoms with Crippen LogP contribution >= 0.6 is 0 Å². The second-order valence-electron chi connectivity index (χ2n) is 7.45. The van der Waals surface area contributed by atoms with Gasteiger partial charge in [0, 0.05) is 6.04 Å². The van der Waals surface area contributed by atoms with E-state index in [2.05, 4.69) is 38.4 Å². The number of hydrogen-bond donors (Lipinski definition) is 1. The lowest BCUT2D eigenvalue weighted by Crippen LogP contribution is -2.49. The molecule has 1 aliphatic carbocycles. The predicted octanol–water partition coefficient (Wildman–Crippen LogP) is 5.15. The van der Waals surface area contributed by atoms with Crippen LogP contribution in [0.1, 0.15) is 72.1 Å². The minimum Gasteiger partial charge on any atom is -0.412 e. The summed E-state index contributed by atoms with van der Waals surface area (Å²) >= 11 is 0. The molecular weight excluding hydrogens is 282 g/mol. The largest absolute Gasteiger partial charge is 0.412 e. The Morgan fingerprint density at radius 3 is 2.48 bits per heavy atom. The van der Waals surface area contributed by atoms with E-state index in [1.165, 1.54) is 57.9 Å². The molecule has 1 saturated carbocycles. The number of hydrogen-bond acceptors (Lipinski definition) is 1. The maximum atomic E-state index is 3.88. The van der Waals surface area contributed by atoms with Crippen molar-refractivity contribution in [2.24, 2.45) is 23.7 Å². The molecule has 0 bridgehead atoms. The zero-order valence-electron chi connectivity index (χ0n) is 15.8. The number of allylic oxidation sites excluding steroid dienone is 2. The minimum atomic E-state index is 0. The van der Waals surface area contributed by atoms with Crippen molar-refractivity contribution in [1.82, 2.24) is 5.32 Å². The molecule has 1 heterocycles. The van der Waals surface area contributed by atoms with Crippen molar-refractivity contribution in [1.29, 1.82) is 0 Å². The van der Waals surface area contributed by atoms with E-state index >= 15 is 0 Å². The second-order valence-corrected chi connectivity index (χ2v) is 7.45. The standard InChI is InChI=1S/C18H33N.C3H6.H2O/c1-4-5-6-7-10-16-13-14(2)15(3)18-17(16)11-8-9-12-19-18;1-3-2;/h4,14-19H,1,5-13H2,2-3H3;3H,1H2,2H3;1H2. The van der Waals surface area contributed by atoms with Crippen LogP contribution in [0.25, 0.3) is 0 Å². The summed E-state index contributed by atoms with van der Waals surface area (Å²) in [6, 6.07) is 0.802. The highest BCUT2D eigenvalue weighted by molar-refractivity contribution is 4.94. The smallest absolute Gasteiger partial charge is 0.0126 e. The van der Waals surface area contributed by atoms with Crippen LogP contribution < -0.4 is 5.32 Å². The molecule has 0 radical (unpaired) electrons. The van der Waals surface area contributed by atoms with Gasteiger partial charge in [0.2, 0.25) is 0 Å². The van der Waals surface area contributed by atoms with Gasteiger partial charge >= 0.3 is 0 Å². The van der Waals surface area contributed by atoms with E-state index < -0.39 is 0 Å². The first-order valence-electron chi connectivity index (χ1n) is 9.57. The zero-order chi connectivity index (χ0) is 16.4. The van der Waals surface area contributed by atoms with E-state index in [-0.39, 0.29) is 5.48 Å². The summed E-state index contributed by atoms with van der Waals surface area (Å²) in [5, 5.41) is 3.88. The number of nitrogens with one attached hydrogen (secondary N) is 1. The summed E-state index contributed by atoms with van der Waals surface area (Å²) in [4.78, 5) is 0. The van der Waals surface area contributed by atoms with Gasteiger partial charge < -0.3 is 10.8 Å². The highest BCUT2D eigenvalue weighted by atomic mass is 16.0. The van der Waals surface area contributed by atoms with Gasteiger partial charge in [0.05, 0.1) is 0 Å². The van der Waals surface area contributed by atoms with E-state index in [0.717, 1.165) is 29.7 Å². The summed E-state index contributed by atoms with van der Waals surface area (Å²) in [6.45, 7) is 15.3. The summed E-state index contributed by atoms with van der Waals surface area (Å²) in [6.07, 6.45) is 15.0. The third-order valence-corrected chi connectivity index (χ3v) is 5.78. The normalized spacial score (nSPS) is 33.1. The Bertz CT molecular complexity index is 315. The Kier molecular flexibility index (Phi) is 12.4. The molecule has 0 aromatic heterocycles. The van der Waals surface area contributed by atoms with Gasteiger partial charge in [0.25, 0.3) is 0 Å². The lowest BCUT2D eigenvalue weighted by atomic mass is 9.64. The Morgan fingerprint density at radius 2 is 1.83 bits per heavy atom. The SMILES string of the molecule is C=CC.C=CCCCCC1CC(C)C(C)C2NCCCCC12.O. The fourth-order valence-corrected chi connectivity index (χ4v) is 4.46. The number of fused-ring (bicyclic) bond motifs is 1. The maximum absolute atomic E-state index is 3.88. The summed E-state index contributed by atoms with van der Waals surface area (Å²) in [7, 11) is 0. The molecule has 2 nitrogen and oxygen atoms in total. The van der Waals surface area contributed by atoms with Crippen LogP contribution in [-0.2, 0) is 0 Å². The zero-order valence-corrected chi connectivity index (χ0v) is 15.8. The van der Waals surface area contributed by atoms with Gasteiger partial charge in [-0.25, -0.2) is 0 Å². The van der Waals surface area contributed by atoms with E-state index in [1.807, 2.05) is 6.92 Å². The first-order chi connectivity index (χ1) is 10.7.